The number of fused-ring (bicyclic) bond motifs is 1. The quantitative estimate of drug-likeness (QED) is 0.571. The van der Waals surface area contributed by atoms with Gasteiger partial charge in [0, 0.05) is 11.1 Å². The van der Waals surface area contributed by atoms with E-state index in [-0.39, 0.29) is 4.90 Å². The van der Waals surface area contributed by atoms with Crippen LogP contribution in [0.25, 0.3) is 10.8 Å². The molecule has 18 heavy (non-hydrogen) atoms. The molecule has 0 aromatic heterocycles. The van der Waals surface area contributed by atoms with Crippen LogP contribution in [-0.4, -0.2) is 19.5 Å². The first-order valence-corrected chi connectivity index (χ1v) is 6.87. The van der Waals surface area contributed by atoms with Gasteiger partial charge in [0.1, 0.15) is 4.90 Å². The van der Waals surface area contributed by atoms with Gasteiger partial charge < -0.3 is 11.5 Å². The van der Waals surface area contributed by atoms with Crippen LogP contribution >= 0.6 is 0 Å². The van der Waals surface area contributed by atoms with Gasteiger partial charge in [-0.3, -0.25) is 4.55 Å². The number of anilines is 1. The molecule has 0 aliphatic carbocycles. The molecule has 2 aromatic carbocycles. The zero-order valence-electron chi connectivity index (χ0n) is 9.63. The van der Waals surface area contributed by atoms with E-state index in [1.807, 2.05) is 0 Å². The van der Waals surface area contributed by atoms with Crippen molar-refractivity contribution in [2.45, 2.75) is 11.3 Å². The molecule has 5 nitrogen and oxygen atoms in total. The molecule has 0 amide bonds. The highest BCUT2D eigenvalue weighted by atomic mass is 32.2. The van der Waals surface area contributed by atoms with E-state index in [0.29, 0.717) is 29.4 Å². The molecule has 0 spiro atoms. The highest BCUT2D eigenvalue weighted by Gasteiger charge is 2.17. The second-order valence-corrected chi connectivity index (χ2v) is 5.39. The van der Waals surface area contributed by atoms with E-state index in [1.165, 1.54) is 6.07 Å². The van der Waals surface area contributed by atoms with Gasteiger partial charge >= 0.3 is 0 Å². The molecule has 0 bridgehead atoms. The minimum atomic E-state index is -4.29. The lowest BCUT2D eigenvalue weighted by Crippen LogP contribution is -2.08. The van der Waals surface area contributed by atoms with Crippen molar-refractivity contribution < 1.29 is 13.0 Å². The van der Waals surface area contributed by atoms with Crippen molar-refractivity contribution in [2.75, 3.05) is 12.3 Å². The van der Waals surface area contributed by atoms with Crippen LogP contribution in [0.5, 0.6) is 0 Å². The highest BCUT2D eigenvalue weighted by molar-refractivity contribution is 7.86. The predicted molar refractivity (Wildman–Crippen MR) is 70.9 cm³/mol. The highest BCUT2D eigenvalue weighted by Crippen LogP contribution is 2.30. The normalized spacial score (nSPS) is 11.9. The van der Waals surface area contributed by atoms with Crippen molar-refractivity contribution in [3.8, 4) is 0 Å². The minimum Gasteiger partial charge on any atom is -0.398 e. The van der Waals surface area contributed by atoms with Gasteiger partial charge in [0.25, 0.3) is 10.1 Å². The Bertz CT molecular complexity index is 696. The molecule has 96 valence electrons. The van der Waals surface area contributed by atoms with Crippen molar-refractivity contribution in [2.24, 2.45) is 5.73 Å². The Morgan fingerprint density at radius 2 is 1.78 bits per heavy atom. The third-order valence-corrected chi connectivity index (χ3v) is 3.72. The average molecular weight is 266 g/mol. The second-order valence-electron chi connectivity index (χ2n) is 4.00. The molecule has 2 aromatic rings. The van der Waals surface area contributed by atoms with Gasteiger partial charge in [-0.2, -0.15) is 8.42 Å². The molecule has 0 saturated heterocycles. The smallest absolute Gasteiger partial charge is 0.295 e. The number of hydrogen-bond acceptors (Lipinski definition) is 4. The van der Waals surface area contributed by atoms with Gasteiger partial charge in [-0.05, 0) is 30.0 Å². The maximum Gasteiger partial charge on any atom is 0.295 e. The van der Waals surface area contributed by atoms with Crippen LogP contribution < -0.4 is 11.5 Å². The van der Waals surface area contributed by atoms with Crippen LogP contribution in [0.15, 0.2) is 35.2 Å². The molecular formula is C12H14N2O3S. The molecule has 0 saturated carbocycles. The summed E-state index contributed by atoms with van der Waals surface area (Å²) in [4.78, 5) is -0.170. The molecule has 0 aliphatic heterocycles. The SMILES string of the molecule is NCCc1c(N)cc(S(=O)(=O)O)c2ccccc12. The van der Waals surface area contributed by atoms with E-state index < -0.39 is 10.1 Å². The number of benzene rings is 2. The zero-order valence-corrected chi connectivity index (χ0v) is 10.4. The summed E-state index contributed by atoms with van der Waals surface area (Å²) in [6.07, 6.45) is 0.554. The Labute approximate surface area is 105 Å². The maximum absolute atomic E-state index is 11.3. The Morgan fingerprint density at radius 3 is 2.33 bits per heavy atom. The van der Waals surface area contributed by atoms with Crippen molar-refractivity contribution >= 4 is 26.6 Å². The number of hydrogen-bond donors (Lipinski definition) is 3. The first-order valence-electron chi connectivity index (χ1n) is 5.43. The molecule has 0 heterocycles. The summed E-state index contributed by atoms with van der Waals surface area (Å²) in [5, 5.41) is 1.16. The predicted octanol–water partition coefficient (Wildman–Crippen LogP) is 1.17. The lowest BCUT2D eigenvalue weighted by molar-refractivity contribution is 0.484. The molecule has 5 N–H and O–H groups in total. The first-order chi connectivity index (χ1) is 8.45. The first kappa shape index (κ1) is 12.8. The third kappa shape index (κ3) is 2.17. The fourth-order valence-corrected chi connectivity index (χ4v) is 2.79. The summed E-state index contributed by atoms with van der Waals surface area (Å²) in [5.74, 6) is 0. The van der Waals surface area contributed by atoms with Gasteiger partial charge in [-0.1, -0.05) is 24.3 Å². The van der Waals surface area contributed by atoms with Crippen LogP contribution in [-0.2, 0) is 16.5 Å². The van der Waals surface area contributed by atoms with Crippen LogP contribution in [0.4, 0.5) is 5.69 Å². The van der Waals surface area contributed by atoms with E-state index in [4.69, 9.17) is 11.5 Å². The zero-order chi connectivity index (χ0) is 13.3. The van der Waals surface area contributed by atoms with Crippen LogP contribution in [0.1, 0.15) is 5.56 Å². The summed E-state index contributed by atoms with van der Waals surface area (Å²) < 4.78 is 31.9. The third-order valence-electron chi connectivity index (χ3n) is 2.82. The second kappa shape index (κ2) is 4.56. The van der Waals surface area contributed by atoms with E-state index >= 15 is 0 Å². The van der Waals surface area contributed by atoms with Crippen LogP contribution in [0.3, 0.4) is 0 Å². The van der Waals surface area contributed by atoms with Gasteiger partial charge in [0.2, 0.25) is 0 Å². The number of rotatable bonds is 3. The minimum absolute atomic E-state index is 0.170. The molecule has 2 rings (SSSR count). The van der Waals surface area contributed by atoms with Crippen LogP contribution in [0.2, 0.25) is 0 Å². The lowest BCUT2D eigenvalue weighted by Gasteiger charge is -2.12. The molecule has 0 fully saturated rings. The molecular weight excluding hydrogens is 252 g/mol. The van der Waals surface area contributed by atoms with E-state index in [9.17, 15) is 13.0 Å². The summed E-state index contributed by atoms with van der Waals surface area (Å²) in [5.41, 5.74) is 12.5. The number of nitrogen functional groups attached to an aromatic ring is 1. The van der Waals surface area contributed by atoms with Crippen LogP contribution in [0, 0.1) is 0 Å². The standard InChI is InChI=1S/C12H14N2O3S/c13-6-5-9-8-3-1-2-4-10(8)12(7-11(9)14)18(15,16)17/h1-4,7H,5-6,13-14H2,(H,15,16,17). The Morgan fingerprint density at radius 1 is 1.17 bits per heavy atom. The fourth-order valence-electron chi connectivity index (χ4n) is 2.06. The molecule has 0 radical (unpaired) electrons. The maximum atomic E-state index is 11.3. The van der Waals surface area contributed by atoms with E-state index in [2.05, 4.69) is 0 Å². The fraction of sp³-hybridized carbons (Fsp3) is 0.167. The molecule has 0 aliphatic rings. The number of nitrogens with two attached hydrogens (primary N) is 2. The Kier molecular flexibility index (Phi) is 3.25. The lowest BCUT2D eigenvalue weighted by atomic mass is 10.0. The summed E-state index contributed by atoms with van der Waals surface area (Å²) in [6.45, 7) is 0.416. The molecule has 6 heteroatoms. The van der Waals surface area contributed by atoms with Gasteiger partial charge in [-0.25, -0.2) is 0 Å². The van der Waals surface area contributed by atoms with Gasteiger partial charge in [0.15, 0.2) is 0 Å². The van der Waals surface area contributed by atoms with E-state index in [0.717, 1.165) is 5.56 Å². The summed E-state index contributed by atoms with van der Waals surface area (Å²) in [7, 11) is -4.29. The molecule has 0 unspecified atom stereocenters. The average Bonchev–Trinajstić information content (AvgIpc) is 2.31. The van der Waals surface area contributed by atoms with Crippen molar-refractivity contribution in [1.82, 2.24) is 0 Å². The van der Waals surface area contributed by atoms with Gasteiger partial charge in [0.05, 0.1) is 0 Å². The van der Waals surface area contributed by atoms with Crippen molar-refractivity contribution in [1.29, 1.82) is 0 Å². The summed E-state index contributed by atoms with van der Waals surface area (Å²) >= 11 is 0. The largest absolute Gasteiger partial charge is 0.398 e. The summed E-state index contributed by atoms with van der Waals surface area (Å²) in [6, 6.07) is 8.18. The monoisotopic (exact) mass is 266 g/mol. The Balaban J connectivity index is 2.90. The Hall–Kier alpha value is -1.63. The van der Waals surface area contributed by atoms with E-state index in [1.54, 1.807) is 24.3 Å². The van der Waals surface area contributed by atoms with Gasteiger partial charge in [-0.15, -0.1) is 0 Å². The van der Waals surface area contributed by atoms with Crippen molar-refractivity contribution in [3.05, 3.63) is 35.9 Å². The topological polar surface area (TPSA) is 106 Å². The van der Waals surface area contributed by atoms with Crippen molar-refractivity contribution in [3.63, 3.8) is 0 Å². The molecule has 0 atom stereocenters.